The summed E-state index contributed by atoms with van der Waals surface area (Å²) in [4.78, 5) is 26.6. The molecule has 1 unspecified atom stereocenters. The van der Waals surface area contributed by atoms with E-state index in [0.717, 1.165) is 25.8 Å². The van der Waals surface area contributed by atoms with E-state index < -0.39 is 6.10 Å². The Balaban J connectivity index is 1.76. The van der Waals surface area contributed by atoms with Crippen molar-refractivity contribution in [1.29, 1.82) is 5.26 Å². The Morgan fingerprint density at radius 2 is 1.93 bits per heavy atom. The number of unbranched alkanes of at least 4 members (excludes halogenated alkanes) is 2. The average molecular weight is 371 g/mol. The third kappa shape index (κ3) is 6.28. The highest BCUT2D eigenvalue weighted by atomic mass is 16.5. The van der Waals surface area contributed by atoms with Crippen LogP contribution >= 0.6 is 0 Å². The summed E-state index contributed by atoms with van der Waals surface area (Å²) in [5, 5.41) is 11.8. The van der Waals surface area contributed by atoms with Gasteiger partial charge in [-0.1, -0.05) is 19.8 Å². The number of nitrogens with zero attached hydrogens (tertiary/aromatic N) is 2. The fourth-order valence-corrected chi connectivity index (χ4v) is 3.21. The first kappa shape index (κ1) is 20.8. The van der Waals surface area contributed by atoms with E-state index in [0.29, 0.717) is 37.2 Å². The maximum atomic E-state index is 12.6. The minimum Gasteiger partial charge on any atom is -0.481 e. The second-order valence-corrected chi connectivity index (χ2v) is 6.99. The minimum absolute atomic E-state index is 0.00886. The summed E-state index contributed by atoms with van der Waals surface area (Å²) >= 11 is 0. The molecule has 0 spiro atoms. The highest BCUT2D eigenvalue weighted by Gasteiger charge is 2.29. The Morgan fingerprint density at radius 3 is 2.52 bits per heavy atom. The summed E-state index contributed by atoms with van der Waals surface area (Å²) in [5.74, 6) is 0.600. The molecule has 1 saturated heterocycles. The van der Waals surface area contributed by atoms with Gasteiger partial charge >= 0.3 is 0 Å². The number of carbonyl (C=O) groups excluding carboxylic acids is 2. The van der Waals surface area contributed by atoms with E-state index >= 15 is 0 Å². The Hall–Kier alpha value is -2.55. The zero-order chi connectivity index (χ0) is 19.6. The molecule has 0 radical (unpaired) electrons. The number of ether oxygens (including phenoxy) is 1. The van der Waals surface area contributed by atoms with Gasteiger partial charge in [-0.05, 0) is 50.5 Å². The van der Waals surface area contributed by atoms with E-state index in [1.807, 2.05) is 0 Å². The summed E-state index contributed by atoms with van der Waals surface area (Å²) in [6.45, 7) is 5.76. The molecule has 2 rings (SSSR count). The quantitative estimate of drug-likeness (QED) is 0.712. The van der Waals surface area contributed by atoms with Gasteiger partial charge in [-0.3, -0.25) is 9.59 Å². The second kappa shape index (κ2) is 10.6. The number of nitrogens with one attached hydrogen (secondary N) is 1. The third-order valence-corrected chi connectivity index (χ3v) is 4.90. The van der Waals surface area contributed by atoms with E-state index in [-0.39, 0.29) is 17.7 Å². The maximum absolute atomic E-state index is 12.6. The minimum atomic E-state index is -0.600. The largest absolute Gasteiger partial charge is 0.481 e. The van der Waals surface area contributed by atoms with E-state index in [1.165, 1.54) is 0 Å². The van der Waals surface area contributed by atoms with E-state index in [1.54, 1.807) is 36.1 Å². The standard InChI is InChI=1S/C21H29N3O3/c1-3-4-5-12-23-20(25)18-10-13-24(14-11-18)21(26)16(2)27-19-8-6-17(15-22)7-9-19/h6-9,16,18H,3-5,10-14H2,1-2H3,(H,23,25). The Bertz CT molecular complexity index is 658. The van der Waals surface area contributed by atoms with E-state index in [4.69, 9.17) is 10.00 Å². The number of hydrogen-bond acceptors (Lipinski definition) is 4. The van der Waals surface area contributed by atoms with Gasteiger partial charge < -0.3 is 15.0 Å². The molecule has 6 nitrogen and oxygen atoms in total. The Morgan fingerprint density at radius 1 is 1.26 bits per heavy atom. The number of rotatable bonds is 8. The molecule has 6 heteroatoms. The summed E-state index contributed by atoms with van der Waals surface area (Å²) < 4.78 is 5.70. The molecule has 1 N–H and O–H groups in total. The van der Waals surface area contributed by atoms with Crippen LogP contribution in [0.15, 0.2) is 24.3 Å². The number of piperidine rings is 1. The summed E-state index contributed by atoms with van der Waals surface area (Å²) in [6.07, 6.45) is 4.06. The van der Waals surface area contributed by atoms with Crippen molar-refractivity contribution in [3.8, 4) is 11.8 Å². The fraction of sp³-hybridized carbons (Fsp3) is 0.571. The first-order valence-corrected chi connectivity index (χ1v) is 9.78. The van der Waals surface area contributed by atoms with Crippen LogP contribution in [0.5, 0.6) is 5.75 Å². The smallest absolute Gasteiger partial charge is 0.263 e. The molecule has 0 bridgehead atoms. The Kier molecular flexibility index (Phi) is 8.12. The van der Waals surface area contributed by atoms with Crippen LogP contribution in [0.2, 0.25) is 0 Å². The van der Waals surface area contributed by atoms with Crippen LogP contribution in [0.4, 0.5) is 0 Å². The number of nitriles is 1. The summed E-state index contributed by atoms with van der Waals surface area (Å²) in [7, 11) is 0. The molecule has 1 aliphatic rings. The van der Waals surface area contributed by atoms with E-state index in [9.17, 15) is 9.59 Å². The topological polar surface area (TPSA) is 82.4 Å². The van der Waals surface area contributed by atoms with E-state index in [2.05, 4.69) is 18.3 Å². The second-order valence-electron chi connectivity index (χ2n) is 6.99. The summed E-state index contributed by atoms with van der Waals surface area (Å²) in [6, 6.07) is 8.76. The van der Waals surface area contributed by atoms with Crippen molar-refractivity contribution in [3.05, 3.63) is 29.8 Å². The average Bonchev–Trinajstić information content (AvgIpc) is 2.71. The van der Waals surface area contributed by atoms with Crippen molar-refractivity contribution in [3.63, 3.8) is 0 Å². The molecule has 1 aromatic carbocycles. The zero-order valence-corrected chi connectivity index (χ0v) is 16.2. The molecule has 1 fully saturated rings. The Labute approximate surface area is 161 Å². The van der Waals surface area contributed by atoms with Gasteiger partial charge in [0.25, 0.3) is 5.91 Å². The summed E-state index contributed by atoms with van der Waals surface area (Å²) in [5.41, 5.74) is 0.552. The number of hydrogen-bond donors (Lipinski definition) is 1. The van der Waals surface area contributed by atoms with Crippen molar-refractivity contribution >= 4 is 11.8 Å². The molecule has 146 valence electrons. The van der Waals surface area contributed by atoms with Gasteiger partial charge in [0.2, 0.25) is 5.91 Å². The molecule has 27 heavy (non-hydrogen) atoms. The zero-order valence-electron chi connectivity index (χ0n) is 16.2. The molecule has 2 amide bonds. The molecule has 0 aromatic heterocycles. The molecule has 1 aliphatic heterocycles. The van der Waals surface area contributed by atoms with Crippen LogP contribution in [-0.2, 0) is 9.59 Å². The van der Waals surface area contributed by atoms with Crippen molar-refractivity contribution in [1.82, 2.24) is 10.2 Å². The molecule has 1 atom stereocenters. The molecular formula is C21H29N3O3. The van der Waals surface area contributed by atoms with Gasteiger partial charge in [0, 0.05) is 25.6 Å². The molecule has 0 aliphatic carbocycles. The SMILES string of the molecule is CCCCCNC(=O)C1CCN(C(=O)C(C)Oc2ccc(C#N)cc2)CC1. The van der Waals surface area contributed by atoms with Gasteiger partial charge in [-0.25, -0.2) is 0 Å². The van der Waals surface area contributed by atoms with Crippen LogP contribution < -0.4 is 10.1 Å². The predicted octanol–water partition coefficient (Wildman–Crippen LogP) is 2.87. The van der Waals surface area contributed by atoms with Crippen LogP contribution in [0.25, 0.3) is 0 Å². The maximum Gasteiger partial charge on any atom is 0.263 e. The third-order valence-electron chi connectivity index (χ3n) is 4.90. The van der Waals surface area contributed by atoms with Crippen molar-refractivity contribution < 1.29 is 14.3 Å². The lowest BCUT2D eigenvalue weighted by Crippen LogP contribution is -2.47. The molecule has 1 heterocycles. The number of carbonyl (C=O) groups is 2. The normalized spacial score (nSPS) is 15.7. The lowest BCUT2D eigenvalue weighted by molar-refractivity contribution is -0.141. The van der Waals surface area contributed by atoms with Crippen LogP contribution in [0.1, 0.15) is 51.5 Å². The van der Waals surface area contributed by atoms with Crippen LogP contribution in [0.3, 0.4) is 0 Å². The number of likely N-dealkylation sites (tertiary alicyclic amines) is 1. The molecule has 0 saturated carbocycles. The molecular weight excluding hydrogens is 342 g/mol. The fourth-order valence-electron chi connectivity index (χ4n) is 3.21. The lowest BCUT2D eigenvalue weighted by Gasteiger charge is -2.33. The monoisotopic (exact) mass is 371 g/mol. The van der Waals surface area contributed by atoms with Gasteiger partial charge in [0.15, 0.2) is 6.10 Å². The highest BCUT2D eigenvalue weighted by Crippen LogP contribution is 2.20. The van der Waals surface area contributed by atoms with Gasteiger partial charge in [0.05, 0.1) is 11.6 Å². The number of benzene rings is 1. The molecule has 1 aromatic rings. The van der Waals surface area contributed by atoms with Crippen molar-refractivity contribution in [2.24, 2.45) is 5.92 Å². The first-order chi connectivity index (χ1) is 13.0. The van der Waals surface area contributed by atoms with Crippen molar-refractivity contribution in [2.45, 2.75) is 52.1 Å². The van der Waals surface area contributed by atoms with Gasteiger partial charge in [-0.15, -0.1) is 0 Å². The van der Waals surface area contributed by atoms with Gasteiger partial charge in [0.1, 0.15) is 5.75 Å². The first-order valence-electron chi connectivity index (χ1n) is 9.78. The van der Waals surface area contributed by atoms with Crippen molar-refractivity contribution in [2.75, 3.05) is 19.6 Å². The van der Waals surface area contributed by atoms with Crippen LogP contribution in [-0.4, -0.2) is 42.5 Å². The lowest BCUT2D eigenvalue weighted by atomic mass is 9.95. The predicted molar refractivity (Wildman–Crippen MR) is 103 cm³/mol. The highest BCUT2D eigenvalue weighted by molar-refractivity contribution is 5.82. The number of amides is 2. The van der Waals surface area contributed by atoms with Crippen LogP contribution in [0, 0.1) is 17.2 Å². The van der Waals surface area contributed by atoms with Gasteiger partial charge in [-0.2, -0.15) is 5.26 Å².